The summed E-state index contributed by atoms with van der Waals surface area (Å²) in [5.41, 5.74) is 13.4. The van der Waals surface area contributed by atoms with Gasteiger partial charge in [-0.05, 0) is 99.2 Å². The Hall–Kier alpha value is -0.530. The monoisotopic (exact) mass is 436 g/mol. The summed E-state index contributed by atoms with van der Waals surface area (Å²) in [4.78, 5) is 0. The van der Waals surface area contributed by atoms with Crippen LogP contribution in [0.5, 0.6) is 0 Å². The van der Waals surface area contributed by atoms with E-state index in [0.717, 1.165) is 55.8 Å². The van der Waals surface area contributed by atoms with E-state index in [2.05, 4.69) is 24.7 Å². The molecule has 0 spiro atoms. The van der Waals surface area contributed by atoms with E-state index in [-0.39, 0.29) is 11.6 Å². The van der Waals surface area contributed by atoms with Gasteiger partial charge in [-0.25, -0.2) is 5.43 Å². The van der Waals surface area contributed by atoms with Gasteiger partial charge < -0.3 is 21.0 Å². The first-order valence-electron chi connectivity index (χ1n) is 12.7. The molecule has 0 aliphatic heterocycles. The lowest BCUT2D eigenvalue weighted by Gasteiger charge is -2.59. The van der Waals surface area contributed by atoms with Gasteiger partial charge in [0, 0.05) is 38.5 Å². The van der Waals surface area contributed by atoms with Gasteiger partial charge in [-0.15, -0.1) is 0 Å². The molecule has 0 aromatic carbocycles. The number of hydrogen-bond acceptors (Lipinski definition) is 6. The molecule has 0 aromatic rings. The van der Waals surface area contributed by atoms with Gasteiger partial charge in [0.1, 0.15) is 0 Å². The van der Waals surface area contributed by atoms with Crippen LogP contribution in [0.4, 0.5) is 0 Å². The van der Waals surface area contributed by atoms with Crippen LogP contribution in [0.1, 0.15) is 78.6 Å². The van der Waals surface area contributed by atoms with Crippen LogP contribution in [0.25, 0.3) is 0 Å². The normalized spacial score (nSPS) is 40.9. The van der Waals surface area contributed by atoms with Crippen molar-refractivity contribution in [3.05, 3.63) is 0 Å². The first-order valence-corrected chi connectivity index (χ1v) is 12.7. The molecule has 0 heterocycles. The largest absolute Gasteiger partial charge is 0.396 e. The number of aliphatic hydroxyl groups is 1. The molecule has 0 amide bonds. The lowest BCUT2D eigenvalue weighted by Crippen LogP contribution is -2.53. The minimum atomic E-state index is -0.111. The van der Waals surface area contributed by atoms with E-state index < -0.39 is 0 Å². The molecule has 180 valence electrons. The number of fused-ring (bicyclic) bond motifs is 3. The third kappa shape index (κ3) is 5.03. The summed E-state index contributed by atoms with van der Waals surface area (Å²) in [6.45, 7) is 8.64. The molecule has 0 bridgehead atoms. The maximum Gasteiger partial charge on any atom is 0.0650 e. The van der Waals surface area contributed by atoms with Crippen LogP contribution < -0.4 is 16.6 Å². The summed E-state index contributed by atoms with van der Waals surface area (Å²) in [7, 11) is 1.81. The zero-order valence-corrected chi connectivity index (χ0v) is 20.4. The molecule has 8 atom stereocenters. The Morgan fingerprint density at radius 2 is 1.97 bits per heavy atom. The van der Waals surface area contributed by atoms with Crippen molar-refractivity contribution in [3.8, 4) is 0 Å². The second kappa shape index (κ2) is 10.6. The molecule has 0 aromatic heterocycles. The molecule has 3 rings (SSSR count). The first kappa shape index (κ1) is 25.1. The van der Waals surface area contributed by atoms with Crippen molar-refractivity contribution in [1.29, 1.82) is 5.41 Å². The number of rotatable bonds is 11. The van der Waals surface area contributed by atoms with Gasteiger partial charge in [-0.1, -0.05) is 13.8 Å². The van der Waals surface area contributed by atoms with E-state index in [4.69, 9.17) is 15.9 Å². The van der Waals surface area contributed by atoms with Crippen molar-refractivity contribution in [2.24, 2.45) is 46.2 Å². The van der Waals surface area contributed by atoms with Gasteiger partial charge in [-0.3, -0.25) is 5.43 Å². The molecule has 3 aliphatic carbocycles. The molecule has 3 fully saturated rings. The Bertz CT molecular complexity index is 600. The number of aliphatic hydroxyl groups excluding tert-OH is 1. The van der Waals surface area contributed by atoms with Crippen LogP contribution in [-0.4, -0.2) is 43.9 Å². The number of nitrogens with one attached hydrogen (secondary N) is 3. The highest BCUT2D eigenvalue weighted by atomic mass is 16.5. The van der Waals surface area contributed by atoms with Gasteiger partial charge in [-0.2, -0.15) is 0 Å². The summed E-state index contributed by atoms with van der Waals surface area (Å²) < 4.78 is 5.46. The molecule has 8 unspecified atom stereocenters. The fourth-order valence-corrected chi connectivity index (χ4v) is 8.12. The number of hydrazine groups is 1. The van der Waals surface area contributed by atoms with Crippen LogP contribution >= 0.6 is 0 Å². The Morgan fingerprint density at radius 1 is 1.19 bits per heavy atom. The van der Waals surface area contributed by atoms with Gasteiger partial charge in [0.25, 0.3) is 0 Å². The van der Waals surface area contributed by atoms with Gasteiger partial charge >= 0.3 is 0 Å². The number of methoxy groups -OCH3 is 1. The van der Waals surface area contributed by atoms with Crippen LogP contribution in [-0.2, 0) is 4.74 Å². The van der Waals surface area contributed by atoms with E-state index in [1.165, 1.54) is 32.1 Å². The molecule has 0 saturated heterocycles. The van der Waals surface area contributed by atoms with E-state index in [1.54, 1.807) is 0 Å². The average molecular weight is 437 g/mol. The molecular weight excluding hydrogens is 388 g/mol. The van der Waals surface area contributed by atoms with Crippen molar-refractivity contribution in [2.45, 2.75) is 84.7 Å². The Balaban J connectivity index is 1.74. The predicted octanol–water partition coefficient (Wildman–Crippen LogP) is 3.69. The van der Waals surface area contributed by atoms with E-state index in [9.17, 15) is 5.11 Å². The quantitative estimate of drug-likeness (QED) is 0.193. The third-order valence-electron chi connectivity index (χ3n) is 9.64. The Kier molecular flexibility index (Phi) is 8.58. The lowest BCUT2D eigenvalue weighted by atomic mass is 9.46. The van der Waals surface area contributed by atoms with Crippen molar-refractivity contribution in [2.75, 3.05) is 26.9 Å². The summed E-state index contributed by atoms with van der Waals surface area (Å²) in [6, 6.07) is 0. The van der Waals surface area contributed by atoms with Gasteiger partial charge in [0.15, 0.2) is 0 Å². The SMILES string of the molecule is COCCC1CCC2C(CCC3(C)C(C(=N)CNNC(C)N)CCC23)C1(C)CCCO. The molecule has 6 heteroatoms. The predicted molar refractivity (Wildman–Crippen MR) is 127 cm³/mol. The fraction of sp³-hybridized carbons (Fsp3) is 0.960. The molecular formula is C25H48N4O2. The summed E-state index contributed by atoms with van der Waals surface area (Å²) >= 11 is 0. The Morgan fingerprint density at radius 3 is 2.65 bits per heavy atom. The molecule has 3 saturated carbocycles. The lowest BCUT2D eigenvalue weighted by molar-refractivity contribution is -0.101. The van der Waals surface area contributed by atoms with Gasteiger partial charge in [0.2, 0.25) is 0 Å². The summed E-state index contributed by atoms with van der Waals surface area (Å²) in [5.74, 6) is 3.34. The Labute approximate surface area is 189 Å². The highest BCUT2D eigenvalue weighted by Crippen LogP contribution is 2.66. The first-order chi connectivity index (χ1) is 14.8. The second-order valence-corrected chi connectivity index (χ2v) is 11.3. The van der Waals surface area contributed by atoms with Crippen LogP contribution in [0.3, 0.4) is 0 Å². The average Bonchev–Trinajstić information content (AvgIpc) is 3.09. The number of nitrogens with two attached hydrogens (primary N) is 1. The molecule has 0 radical (unpaired) electrons. The highest BCUT2D eigenvalue weighted by Gasteiger charge is 2.59. The van der Waals surface area contributed by atoms with E-state index >= 15 is 0 Å². The maximum atomic E-state index is 9.59. The summed E-state index contributed by atoms with van der Waals surface area (Å²) in [5, 5.41) is 18.4. The second-order valence-electron chi connectivity index (χ2n) is 11.3. The van der Waals surface area contributed by atoms with Crippen molar-refractivity contribution in [3.63, 3.8) is 0 Å². The van der Waals surface area contributed by atoms with E-state index in [0.29, 0.717) is 30.4 Å². The molecule has 6 nitrogen and oxygen atoms in total. The van der Waals surface area contributed by atoms with Crippen molar-refractivity contribution < 1.29 is 9.84 Å². The highest BCUT2D eigenvalue weighted by molar-refractivity contribution is 5.86. The zero-order valence-electron chi connectivity index (χ0n) is 20.4. The van der Waals surface area contributed by atoms with Crippen LogP contribution in [0.2, 0.25) is 0 Å². The maximum absolute atomic E-state index is 9.59. The smallest absolute Gasteiger partial charge is 0.0650 e. The topological polar surface area (TPSA) is 103 Å². The van der Waals surface area contributed by atoms with Crippen LogP contribution in [0.15, 0.2) is 0 Å². The minimum absolute atomic E-state index is 0.111. The third-order valence-corrected chi connectivity index (χ3v) is 9.64. The standard InChI is InChI=1S/C25H48N4O2/c1-17(26)29-28-16-23(27)22-9-8-20-19-7-6-18(11-15-31-4)24(2,12-5-14-30)21(19)10-13-25(20,22)3/h17-22,27-30H,5-16,26H2,1-4H3. The number of hydrogen-bond donors (Lipinski definition) is 5. The van der Waals surface area contributed by atoms with Crippen molar-refractivity contribution in [1.82, 2.24) is 10.9 Å². The molecule has 3 aliphatic rings. The molecule has 31 heavy (non-hydrogen) atoms. The molecule has 6 N–H and O–H groups in total. The van der Waals surface area contributed by atoms with E-state index in [1.807, 2.05) is 14.0 Å². The summed E-state index contributed by atoms with van der Waals surface area (Å²) in [6.07, 6.45) is 10.6. The minimum Gasteiger partial charge on any atom is -0.396 e. The zero-order chi connectivity index (χ0) is 22.6. The van der Waals surface area contributed by atoms with Gasteiger partial charge in [0.05, 0.1) is 6.17 Å². The van der Waals surface area contributed by atoms with Crippen LogP contribution in [0, 0.1) is 45.8 Å². The van der Waals surface area contributed by atoms with Crippen molar-refractivity contribution >= 4 is 5.71 Å². The fourth-order valence-electron chi connectivity index (χ4n) is 8.12. The number of ether oxygens (including phenoxy) is 1.